The van der Waals surface area contributed by atoms with E-state index in [1.54, 1.807) is 6.07 Å². The molecule has 0 saturated carbocycles. The van der Waals surface area contributed by atoms with Crippen LogP contribution >= 0.6 is 11.3 Å². The summed E-state index contributed by atoms with van der Waals surface area (Å²) in [6.07, 6.45) is 1.16. The monoisotopic (exact) mass is 423 g/mol. The summed E-state index contributed by atoms with van der Waals surface area (Å²) in [4.78, 5) is 33.9. The molecule has 0 saturated heterocycles. The lowest BCUT2D eigenvalue weighted by Crippen LogP contribution is -2.05. The normalized spacial score (nSPS) is 10.7. The topological polar surface area (TPSA) is 149 Å². The van der Waals surface area contributed by atoms with Crippen molar-refractivity contribution in [2.75, 3.05) is 10.6 Å². The minimum absolute atomic E-state index is 0.0420. The first-order chi connectivity index (χ1) is 14.4. The predicted octanol–water partition coefficient (Wildman–Crippen LogP) is 4.70. The molecule has 0 radical (unpaired) electrons. The maximum Gasteiger partial charge on any atom is 0.353 e. The number of thiazole rings is 1. The average Bonchev–Trinajstić information content (AvgIpc) is 3.12. The van der Waals surface area contributed by atoms with Gasteiger partial charge in [0.25, 0.3) is 5.69 Å². The minimum atomic E-state index is -0.624. The third kappa shape index (κ3) is 3.71. The van der Waals surface area contributed by atoms with E-state index in [9.17, 15) is 20.2 Å². The van der Waals surface area contributed by atoms with Crippen molar-refractivity contribution in [1.82, 2.24) is 15.0 Å². The van der Waals surface area contributed by atoms with E-state index < -0.39 is 15.5 Å². The first-order valence-electron chi connectivity index (χ1n) is 8.56. The van der Waals surface area contributed by atoms with Gasteiger partial charge >= 0.3 is 5.69 Å². The van der Waals surface area contributed by atoms with Crippen molar-refractivity contribution in [3.8, 4) is 0 Å². The summed E-state index contributed by atoms with van der Waals surface area (Å²) in [5, 5.41) is 28.8. The van der Waals surface area contributed by atoms with Crippen molar-refractivity contribution in [2.24, 2.45) is 0 Å². The van der Waals surface area contributed by atoms with Gasteiger partial charge in [0.15, 0.2) is 5.13 Å². The number of rotatable bonds is 6. The second kappa shape index (κ2) is 7.67. The molecule has 0 aliphatic rings. The highest BCUT2D eigenvalue weighted by atomic mass is 32.1. The number of benzene rings is 2. The Kier molecular flexibility index (Phi) is 4.90. The molecule has 4 aromatic rings. The molecule has 0 atom stereocenters. The number of nitrogens with zero attached hydrogens (tertiary/aromatic N) is 5. The molecule has 2 N–H and O–H groups in total. The number of hydrogen-bond donors (Lipinski definition) is 2. The number of nitro groups is 2. The Labute approximate surface area is 172 Å². The van der Waals surface area contributed by atoms with Gasteiger partial charge in [0.05, 0.1) is 20.1 Å². The van der Waals surface area contributed by atoms with E-state index in [-0.39, 0.29) is 23.0 Å². The van der Waals surface area contributed by atoms with Crippen LogP contribution in [0.25, 0.3) is 10.2 Å². The number of aryl methyl sites for hydroxylation is 1. The minimum Gasteiger partial charge on any atom is -0.334 e. The van der Waals surface area contributed by atoms with Gasteiger partial charge in [-0.25, -0.2) is 15.0 Å². The van der Waals surface area contributed by atoms with Gasteiger partial charge in [-0.05, 0) is 24.6 Å². The smallest absolute Gasteiger partial charge is 0.334 e. The van der Waals surface area contributed by atoms with Crippen molar-refractivity contribution in [3.05, 3.63) is 74.6 Å². The van der Waals surface area contributed by atoms with Gasteiger partial charge in [-0.15, -0.1) is 0 Å². The van der Waals surface area contributed by atoms with Crippen LogP contribution in [0.4, 0.5) is 33.8 Å². The van der Waals surface area contributed by atoms with Gasteiger partial charge < -0.3 is 10.6 Å². The Morgan fingerprint density at radius 1 is 0.967 bits per heavy atom. The number of nitro benzene ring substituents is 1. The third-order valence-corrected chi connectivity index (χ3v) is 5.11. The first kappa shape index (κ1) is 19.1. The van der Waals surface area contributed by atoms with E-state index in [0.29, 0.717) is 5.13 Å². The van der Waals surface area contributed by atoms with Crippen molar-refractivity contribution in [1.29, 1.82) is 0 Å². The lowest BCUT2D eigenvalue weighted by Gasteiger charge is -2.08. The fraction of sp³-hybridized carbons (Fsp3) is 0.0556. The zero-order chi connectivity index (χ0) is 21.3. The first-order valence-corrected chi connectivity index (χ1v) is 9.38. The molecule has 0 unspecified atom stereocenters. The molecular weight excluding hydrogens is 410 g/mol. The van der Waals surface area contributed by atoms with Crippen molar-refractivity contribution >= 4 is 55.4 Å². The molecule has 4 rings (SSSR count). The standard InChI is InChI=1S/C18H13N7O4S/c1-10-4-2-7-13-14(10)22-18(30-13)23-17-15(25(28)29)16(19-9-20-17)21-11-5-3-6-12(8-11)24(26)27/h2-9H,1H3,(H2,19,20,21,22,23). The SMILES string of the molecule is Cc1cccc2sc(Nc3ncnc(Nc4cccc([N+](=O)[O-])c4)c3[N+](=O)[O-])nc12. The van der Waals surface area contributed by atoms with Gasteiger partial charge in [0.2, 0.25) is 11.6 Å². The molecule has 150 valence electrons. The number of non-ortho nitro benzene ring substituents is 1. The summed E-state index contributed by atoms with van der Waals surface area (Å²) >= 11 is 1.34. The fourth-order valence-electron chi connectivity index (χ4n) is 2.81. The second-order valence-corrected chi connectivity index (χ2v) is 7.21. The third-order valence-electron chi connectivity index (χ3n) is 4.17. The number of fused-ring (bicyclic) bond motifs is 1. The summed E-state index contributed by atoms with van der Waals surface area (Å²) < 4.78 is 0.934. The molecule has 12 heteroatoms. The molecule has 2 heterocycles. The van der Waals surface area contributed by atoms with Crippen LogP contribution in [0.2, 0.25) is 0 Å². The van der Waals surface area contributed by atoms with Crippen molar-refractivity contribution in [2.45, 2.75) is 6.92 Å². The Morgan fingerprint density at radius 3 is 2.40 bits per heavy atom. The Morgan fingerprint density at radius 2 is 1.70 bits per heavy atom. The average molecular weight is 423 g/mol. The van der Waals surface area contributed by atoms with E-state index in [1.807, 2.05) is 25.1 Å². The molecule has 0 spiro atoms. The van der Waals surface area contributed by atoms with Crippen LogP contribution < -0.4 is 10.6 Å². The van der Waals surface area contributed by atoms with Gasteiger partial charge in [0, 0.05) is 17.8 Å². The maximum atomic E-state index is 11.7. The van der Waals surface area contributed by atoms with E-state index in [2.05, 4.69) is 25.6 Å². The van der Waals surface area contributed by atoms with Crippen molar-refractivity contribution < 1.29 is 9.85 Å². The van der Waals surface area contributed by atoms with Crippen LogP contribution in [0.15, 0.2) is 48.8 Å². The number of aromatic nitrogens is 3. The van der Waals surface area contributed by atoms with Crippen LogP contribution in [0.1, 0.15) is 5.56 Å². The van der Waals surface area contributed by atoms with E-state index in [0.717, 1.165) is 22.1 Å². The zero-order valence-electron chi connectivity index (χ0n) is 15.4. The second-order valence-electron chi connectivity index (χ2n) is 6.17. The van der Waals surface area contributed by atoms with Gasteiger partial charge in [-0.2, -0.15) is 0 Å². The Bertz CT molecular complexity index is 1290. The van der Waals surface area contributed by atoms with E-state index in [1.165, 1.54) is 29.5 Å². The maximum absolute atomic E-state index is 11.7. The van der Waals surface area contributed by atoms with Crippen LogP contribution in [-0.4, -0.2) is 24.8 Å². The van der Waals surface area contributed by atoms with Crippen LogP contribution in [0, 0.1) is 27.2 Å². The summed E-state index contributed by atoms with van der Waals surface area (Å²) in [5.74, 6) is -0.144. The molecule has 2 aromatic carbocycles. The number of para-hydroxylation sites is 1. The van der Waals surface area contributed by atoms with Gasteiger partial charge in [-0.1, -0.05) is 29.5 Å². The Hall–Kier alpha value is -4.19. The molecule has 30 heavy (non-hydrogen) atoms. The molecule has 0 fully saturated rings. The quantitative estimate of drug-likeness (QED) is 0.332. The summed E-state index contributed by atoms with van der Waals surface area (Å²) in [5.41, 5.74) is 1.52. The van der Waals surface area contributed by atoms with Crippen molar-refractivity contribution in [3.63, 3.8) is 0 Å². The highest BCUT2D eigenvalue weighted by Gasteiger charge is 2.24. The predicted molar refractivity (Wildman–Crippen MR) is 113 cm³/mol. The number of anilines is 4. The molecule has 0 aliphatic carbocycles. The summed E-state index contributed by atoms with van der Waals surface area (Å²) in [7, 11) is 0. The molecule has 0 aliphatic heterocycles. The highest BCUT2D eigenvalue weighted by molar-refractivity contribution is 7.22. The lowest BCUT2D eigenvalue weighted by molar-refractivity contribution is -0.384. The van der Waals surface area contributed by atoms with Gasteiger partial charge in [-0.3, -0.25) is 20.2 Å². The van der Waals surface area contributed by atoms with Crippen LogP contribution in [0.3, 0.4) is 0 Å². The molecule has 2 aromatic heterocycles. The van der Waals surface area contributed by atoms with E-state index >= 15 is 0 Å². The molecule has 0 amide bonds. The Balaban J connectivity index is 1.70. The summed E-state index contributed by atoms with van der Waals surface area (Å²) in [6.45, 7) is 1.93. The van der Waals surface area contributed by atoms with Crippen LogP contribution in [-0.2, 0) is 0 Å². The molecule has 11 nitrogen and oxygen atoms in total. The molecular formula is C18H13N7O4S. The van der Waals surface area contributed by atoms with E-state index in [4.69, 9.17) is 0 Å². The molecule has 0 bridgehead atoms. The largest absolute Gasteiger partial charge is 0.353 e. The van der Waals surface area contributed by atoms with Gasteiger partial charge in [0.1, 0.15) is 6.33 Å². The van der Waals surface area contributed by atoms with Crippen LogP contribution in [0.5, 0.6) is 0 Å². The summed E-state index contributed by atoms with van der Waals surface area (Å²) in [6, 6.07) is 11.3. The number of hydrogen-bond acceptors (Lipinski definition) is 10. The zero-order valence-corrected chi connectivity index (χ0v) is 16.2. The fourth-order valence-corrected chi connectivity index (χ4v) is 3.75. The number of nitrogens with one attached hydrogen (secondary N) is 2. The highest BCUT2D eigenvalue weighted by Crippen LogP contribution is 2.36. The lowest BCUT2D eigenvalue weighted by atomic mass is 10.2.